The molecule has 0 unspecified atom stereocenters. The van der Waals surface area contributed by atoms with E-state index >= 15 is 0 Å². The average molecular weight is 369 g/mol. The smallest absolute Gasteiger partial charge is 0.315 e. The molecule has 1 heterocycles. The van der Waals surface area contributed by atoms with Crippen molar-refractivity contribution < 1.29 is 17.9 Å². The first-order valence-electron chi connectivity index (χ1n) is 8.64. The van der Waals surface area contributed by atoms with E-state index in [1.807, 2.05) is 6.92 Å². The van der Waals surface area contributed by atoms with Crippen LogP contribution in [-0.2, 0) is 21.3 Å². The molecule has 1 aromatic carbocycles. The van der Waals surface area contributed by atoms with Gasteiger partial charge in [0.1, 0.15) is 0 Å². The lowest BCUT2D eigenvalue weighted by atomic mass is 10.2. The lowest BCUT2D eigenvalue weighted by Gasteiger charge is -2.26. The summed E-state index contributed by atoms with van der Waals surface area (Å²) < 4.78 is 31.7. The number of nitrogens with one attached hydrogen (secondary N) is 2. The Balaban J connectivity index is 1.90. The maximum atomic E-state index is 12.5. The number of sulfonamides is 1. The van der Waals surface area contributed by atoms with Crippen LogP contribution in [0.5, 0.6) is 0 Å². The second-order valence-corrected chi connectivity index (χ2v) is 8.12. The third kappa shape index (κ3) is 5.69. The first kappa shape index (κ1) is 19.7. The monoisotopic (exact) mass is 369 g/mol. The van der Waals surface area contributed by atoms with Gasteiger partial charge in [0.15, 0.2) is 0 Å². The minimum atomic E-state index is -3.48. The number of amides is 2. The van der Waals surface area contributed by atoms with Crippen LogP contribution in [-0.4, -0.2) is 51.1 Å². The van der Waals surface area contributed by atoms with Gasteiger partial charge in [0.05, 0.1) is 18.1 Å². The molecular formula is C17H27N3O4S. The number of benzene rings is 1. The number of carbonyl (C=O) groups excluding carboxylic acids is 1. The minimum absolute atomic E-state index is 0.131. The van der Waals surface area contributed by atoms with Crippen molar-refractivity contribution in [1.29, 1.82) is 0 Å². The highest BCUT2D eigenvalue weighted by Crippen LogP contribution is 2.17. The molecule has 140 valence electrons. The zero-order valence-corrected chi connectivity index (χ0v) is 15.6. The van der Waals surface area contributed by atoms with Gasteiger partial charge in [0.25, 0.3) is 0 Å². The topological polar surface area (TPSA) is 87.7 Å². The van der Waals surface area contributed by atoms with Crippen LogP contribution in [0.1, 0.15) is 32.3 Å². The number of urea groups is 1. The number of hydrogen-bond acceptors (Lipinski definition) is 4. The number of morpholine rings is 1. The van der Waals surface area contributed by atoms with E-state index in [1.165, 1.54) is 4.31 Å². The van der Waals surface area contributed by atoms with Crippen LogP contribution in [0.3, 0.4) is 0 Å². The van der Waals surface area contributed by atoms with Gasteiger partial charge in [0, 0.05) is 25.7 Å². The van der Waals surface area contributed by atoms with Crippen LogP contribution >= 0.6 is 0 Å². The molecule has 2 amide bonds. The fourth-order valence-electron chi connectivity index (χ4n) is 2.68. The molecule has 1 aromatic rings. The Morgan fingerprint density at radius 3 is 2.48 bits per heavy atom. The highest BCUT2D eigenvalue weighted by Gasteiger charge is 2.26. The summed E-state index contributed by atoms with van der Waals surface area (Å²) in [6.07, 6.45) is 1.95. The number of nitrogens with zero attached hydrogens (tertiary/aromatic N) is 1. The number of hydrogen-bond donors (Lipinski definition) is 2. The van der Waals surface area contributed by atoms with Crippen molar-refractivity contribution in [3.05, 3.63) is 29.8 Å². The molecule has 1 aliphatic rings. The van der Waals surface area contributed by atoms with Crippen LogP contribution in [0.4, 0.5) is 4.79 Å². The molecular weight excluding hydrogens is 342 g/mol. The molecule has 8 heteroatoms. The van der Waals surface area contributed by atoms with Crippen molar-refractivity contribution in [3.8, 4) is 0 Å². The Kier molecular flexibility index (Phi) is 7.22. The van der Waals surface area contributed by atoms with E-state index in [-0.39, 0.29) is 17.0 Å². The SMILES string of the molecule is CCC[C@@H](C)NC(=O)NCc1ccc(S(=O)(=O)N2CCOCC2)cc1. The average Bonchev–Trinajstić information content (AvgIpc) is 2.61. The fourth-order valence-corrected chi connectivity index (χ4v) is 4.09. The van der Waals surface area contributed by atoms with Crippen LogP contribution in [0.15, 0.2) is 29.2 Å². The van der Waals surface area contributed by atoms with Gasteiger partial charge in [-0.1, -0.05) is 25.5 Å². The summed E-state index contributed by atoms with van der Waals surface area (Å²) in [5, 5.41) is 5.65. The maximum absolute atomic E-state index is 12.5. The zero-order chi connectivity index (χ0) is 18.3. The van der Waals surface area contributed by atoms with Crippen LogP contribution in [0, 0.1) is 0 Å². The molecule has 1 fully saturated rings. The minimum Gasteiger partial charge on any atom is -0.379 e. The van der Waals surface area contributed by atoms with Crippen molar-refractivity contribution in [2.75, 3.05) is 26.3 Å². The molecule has 1 aliphatic heterocycles. The molecule has 1 atom stereocenters. The Labute approximate surface area is 149 Å². The summed E-state index contributed by atoms with van der Waals surface area (Å²) in [5.41, 5.74) is 0.847. The molecule has 0 aliphatic carbocycles. The van der Waals surface area contributed by atoms with Crippen molar-refractivity contribution in [1.82, 2.24) is 14.9 Å². The van der Waals surface area contributed by atoms with E-state index in [0.717, 1.165) is 18.4 Å². The van der Waals surface area contributed by atoms with Gasteiger partial charge in [-0.05, 0) is 31.0 Å². The second-order valence-electron chi connectivity index (χ2n) is 6.18. The molecule has 2 N–H and O–H groups in total. The Morgan fingerprint density at radius 2 is 1.88 bits per heavy atom. The van der Waals surface area contributed by atoms with Gasteiger partial charge >= 0.3 is 6.03 Å². The first-order valence-corrected chi connectivity index (χ1v) is 10.1. The molecule has 0 radical (unpaired) electrons. The number of carbonyl (C=O) groups is 1. The van der Waals surface area contributed by atoms with E-state index in [0.29, 0.717) is 32.8 Å². The lowest BCUT2D eigenvalue weighted by Crippen LogP contribution is -2.40. The zero-order valence-electron chi connectivity index (χ0n) is 14.8. The highest BCUT2D eigenvalue weighted by atomic mass is 32.2. The largest absolute Gasteiger partial charge is 0.379 e. The van der Waals surface area contributed by atoms with Crippen molar-refractivity contribution in [3.63, 3.8) is 0 Å². The first-order chi connectivity index (χ1) is 11.9. The van der Waals surface area contributed by atoms with Gasteiger partial charge in [-0.3, -0.25) is 0 Å². The fraction of sp³-hybridized carbons (Fsp3) is 0.588. The summed E-state index contributed by atoms with van der Waals surface area (Å²) in [5.74, 6) is 0. The predicted octanol–water partition coefficient (Wildman–Crippen LogP) is 1.70. The summed E-state index contributed by atoms with van der Waals surface area (Å²) >= 11 is 0. The van der Waals surface area contributed by atoms with E-state index in [4.69, 9.17) is 4.74 Å². The number of rotatable bonds is 7. The molecule has 0 bridgehead atoms. The molecule has 0 aromatic heterocycles. The molecule has 0 spiro atoms. The Morgan fingerprint density at radius 1 is 1.24 bits per heavy atom. The van der Waals surface area contributed by atoms with Gasteiger partial charge < -0.3 is 15.4 Å². The Hall–Kier alpha value is -1.64. The standard InChI is InChI=1S/C17H27N3O4S/c1-3-4-14(2)19-17(21)18-13-15-5-7-16(8-6-15)25(22,23)20-9-11-24-12-10-20/h5-8,14H,3-4,9-13H2,1-2H3,(H2,18,19,21)/t14-/m1/s1. The third-order valence-corrected chi connectivity index (χ3v) is 6.00. The van der Waals surface area contributed by atoms with Crippen LogP contribution in [0.2, 0.25) is 0 Å². The van der Waals surface area contributed by atoms with E-state index in [1.54, 1.807) is 24.3 Å². The number of ether oxygens (including phenoxy) is 1. The van der Waals surface area contributed by atoms with E-state index in [9.17, 15) is 13.2 Å². The van der Waals surface area contributed by atoms with Crippen molar-refractivity contribution in [2.45, 2.75) is 44.2 Å². The van der Waals surface area contributed by atoms with E-state index < -0.39 is 10.0 Å². The quantitative estimate of drug-likeness (QED) is 0.766. The van der Waals surface area contributed by atoms with Crippen molar-refractivity contribution >= 4 is 16.1 Å². The maximum Gasteiger partial charge on any atom is 0.315 e. The molecule has 7 nitrogen and oxygen atoms in total. The molecule has 2 rings (SSSR count). The summed E-state index contributed by atoms with van der Waals surface area (Å²) in [4.78, 5) is 12.1. The van der Waals surface area contributed by atoms with Gasteiger partial charge in [-0.25, -0.2) is 13.2 Å². The predicted molar refractivity (Wildman–Crippen MR) is 95.8 cm³/mol. The summed E-state index contributed by atoms with van der Waals surface area (Å²) in [6.45, 7) is 5.99. The molecule has 25 heavy (non-hydrogen) atoms. The van der Waals surface area contributed by atoms with Gasteiger partial charge in [0.2, 0.25) is 10.0 Å². The summed E-state index contributed by atoms with van der Waals surface area (Å²) in [6, 6.07) is 6.53. The van der Waals surface area contributed by atoms with Gasteiger partial charge in [-0.15, -0.1) is 0 Å². The third-order valence-electron chi connectivity index (χ3n) is 4.08. The second kappa shape index (κ2) is 9.17. The van der Waals surface area contributed by atoms with Crippen LogP contribution < -0.4 is 10.6 Å². The van der Waals surface area contributed by atoms with Crippen molar-refractivity contribution in [2.24, 2.45) is 0 Å². The highest BCUT2D eigenvalue weighted by molar-refractivity contribution is 7.89. The normalized spacial score (nSPS) is 17.0. The Bertz CT molecular complexity index is 655. The summed E-state index contributed by atoms with van der Waals surface area (Å²) in [7, 11) is -3.48. The van der Waals surface area contributed by atoms with E-state index in [2.05, 4.69) is 17.6 Å². The van der Waals surface area contributed by atoms with Crippen LogP contribution in [0.25, 0.3) is 0 Å². The lowest BCUT2D eigenvalue weighted by molar-refractivity contribution is 0.0730. The molecule has 1 saturated heterocycles. The molecule has 0 saturated carbocycles. The van der Waals surface area contributed by atoms with Gasteiger partial charge in [-0.2, -0.15) is 4.31 Å².